The maximum absolute atomic E-state index is 11.1. The van der Waals surface area contributed by atoms with Crippen molar-refractivity contribution >= 4 is 11.5 Å². The van der Waals surface area contributed by atoms with Crippen molar-refractivity contribution in [2.24, 2.45) is 0 Å². The van der Waals surface area contributed by atoms with Crippen molar-refractivity contribution in [3.05, 3.63) is 16.4 Å². The number of rotatable bonds is 6. The summed E-state index contributed by atoms with van der Waals surface area (Å²) in [5, 5.41) is 14.0. The smallest absolute Gasteiger partial charge is 0.372 e. The first-order valence-corrected chi connectivity index (χ1v) is 5.70. The minimum absolute atomic E-state index is 0.0121. The van der Waals surface area contributed by atoms with Crippen LogP contribution >= 0.6 is 0 Å². The van der Waals surface area contributed by atoms with Crippen LogP contribution in [0.15, 0.2) is 6.33 Å². The maximum atomic E-state index is 11.1. The van der Waals surface area contributed by atoms with E-state index in [2.05, 4.69) is 15.3 Å². The van der Waals surface area contributed by atoms with Gasteiger partial charge in [0.05, 0.1) is 18.1 Å². The molecule has 8 nitrogen and oxygen atoms in total. The van der Waals surface area contributed by atoms with Crippen molar-refractivity contribution in [1.29, 1.82) is 0 Å². The second kappa shape index (κ2) is 5.58. The molecule has 1 N–H and O–H groups in total. The summed E-state index contributed by atoms with van der Waals surface area (Å²) in [5.74, 6) is 0.175. The monoisotopic (exact) mass is 254 g/mol. The van der Waals surface area contributed by atoms with Gasteiger partial charge in [-0.15, -0.1) is 0 Å². The predicted molar refractivity (Wildman–Crippen MR) is 62.7 cm³/mol. The number of ether oxygens (including phenoxy) is 2. The zero-order chi connectivity index (χ0) is 13.0. The lowest BCUT2D eigenvalue weighted by molar-refractivity contribution is -0.385. The molecule has 0 aromatic carbocycles. The normalized spacial score (nSPS) is 14.9. The molecule has 0 atom stereocenters. The first kappa shape index (κ1) is 12.5. The summed E-state index contributed by atoms with van der Waals surface area (Å²) in [6.07, 6.45) is 1.92. The number of hydrogen-bond acceptors (Lipinski definition) is 7. The Hall–Kier alpha value is -1.96. The van der Waals surface area contributed by atoms with Gasteiger partial charge in [0.25, 0.3) is 5.88 Å². The quantitative estimate of drug-likeness (QED) is 0.596. The van der Waals surface area contributed by atoms with Gasteiger partial charge in [-0.2, -0.15) is 4.98 Å². The molecular formula is C10H14N4O4. The molecule has 0 bridgehead atoms. The van der Waals surface area contributed by atoms with Crippen LogP contribution in [-0.2, 0) is 4.74 Å². The summed E-state index contributed by atoms with van der Waals surface area (Å²) in [4.78, 5) is 18.2. The number of nitrogens with zero attached hydrogens (tertiary/aromatic N) is 3. The van der Waals surface area contributed by atoms with Crippen molar-refractivity contribution in [2.75, 3.05) is 25.1 Å². The minimum atomic E-state index is -0.535. The molecule has 0 radical (unpaired) electrons. The average Bonchev–Trinajstić information content (AvgIpc) is 2.30. The fourth-order valence-electron chi connectivity index (χ4n) is 1.43. The predicted octanol–water partition coefficient (Wildman–Crippen LogP) is 0.984. The number of nitro groups is 1. The fourth-order valence-corrected chi connectivity index (χ4v) is 1.43. The third-order valence-corrected chi connectivity index (χ3v) is 2.40. The molecule has 1 aliphatic heterocycles. The van der Waals surface area contributed by atoms with Gasteiger partial charge in [-0.25, -0.2) is 4.98 Å². The van der Waals surface area contributed by atoms with Gasteiger partial charge in [0.15, 0.2) is 0 Å². The van der Waals surface area contributed by atoms with Crippen LogP contribution in [0.3, 0.4) is 0 Å². The largest absolute Gasteiger partial charge is 0.464 e. The molecule has 8 heteroatoms. The molecule has 2 heterocycles. The van der Waals surface area contributed by atoms with Crippen molar-refractivity contribution in [3.63, 3.8) is 0 Å². The van der Waals surface area contributed by atoms with E-state index in [1.165, 1.54) is 6.33 Å². The van der Waals surface area contributed by atoms with Crippen molar-refractivity contribution in [1.82, 2.24) is 9.97 Å². The second-order valence-electron chi connectivity index (χ2n) is 3.84. The highest BCUT2D eigenvalue weighted by Gasteiger charge is 2.29. The molecule has 18 heavy (non-hydrogen) atoms. The number of hydrogen-bond donors (Lipinski definition) is 1. The fraction of sp³-hybridized carbons (Fsp3) is 0.600. The van der Waals surface area contributed by atoms with E-state index in [9.17, 15) is 10.1 Å². The Bertz CT molecular complexity index is 436. The van der Waals surface area contributed by atoms with Gasteiger partial charge in [0.2, 0.25) is 5.82 Å². The highest BCUT2D eigenvalue weighted by Crippen LogP contribution is 2.31. The van der Waals surface area contributed by atoms with Gasteiger partial charge in [0.1, 0.15) is 12.4 Å². The van der Waals surface area contributed by atoms with Crippen LogP contribution in [0.1, 0.15) is 13.3 Å². The summed E-state index contributed by atoms with van der Waals surface area (Å²) >= 11 is 0. The molecule has 0 spiro atoms. The molecule has 2 rings (SSSR count). The third-order valence-electron chi connectivity index (χ3n) is 2.40. The Labute approximate surface area is 103 Å². The van der Waals surface area contributed by atoms with Gasteiger partial charge in [-0.1, -0.05) is 6.92 Å². The summed E-state index contributed by atoms with van der Waals surface area (Å²) in [6, 6.07) is 0. The van der Waals surface area contributed by atoms with Gasteiger partial charge >= 0.3 is 5.69 Å². The SMILES string of the molecule is CCCNc1ncnc(OC2COC2)c1[N+](=O)[O-]. The van der Waals surface area contributed by atoms with Crippen LogP contribution in [0.5, 0.6) is 5.88 Å². The van der Waals surface area contributed by atoms with Crippen LogP contribution < -0.4 is 10.1 Å². The Morgan fingerprint density at radius 3 is 2.94 bits per heavy atom. The van der Waals surface area contributed by atoms with Gasteiger partial charge < -0.3 is 14.8 Å². The van der Waals surface area contributed by atoms with E-state index >= 15 is 0 Å². The molecule has 98 valence electrons. The van der Waals surface area contributed by atoms with Gasteiger partial charge in [-0.3, -0.25) is 10.1 Å². The molecule has 0 aliphatic carbocycles. The van der Waals surface area contributed by atoms with Gasteiger partial charge in [0, 0.05) is 6.54 Å². The van der Waals surface area contributed by atoms with Crippen LogP contribution in [-0.4, -0.2) is 40.8 Å². The molecule has 1 aromatic heterocycles. The molecule has 0 unspecified atom stereocenters. The topological polar surface area (TPSA) is 99.4 Å². The van der Waals surface area contributed by atoms with E-state index in [4.69, 9.17) is 9.47 Å². The molecule has 1 saturated heterocycles. The number of nitrogens with one attached hydrogen (secondary N) is 1. The number of anilines is 1. The van der Waals surface area contributed by atoms with E-state index in [-0.39, 0.29) is 23.5 Å². The second-order valence-corrected chi connectivity index (χ2v) is 3.84. The van der Waals surface area contributed by atoms with E-state index in [1.54, 1.807) is 0 Å². The van der Waals surface area contributed by atoms with Crippen LogP contribution in [0, 0.1) is 10.1 Å². The summed E-state index contributed by atoms with van der Waals surface area (Å²) in [5.41, 5.74) is -0.224. The molecular weight excluding hydrogens is 240 g/mol. The Morgan fingerprint density at radius 1 is 1.61 bits per heavy atom. The van der Waals surface area contributed by atoms with Gasteiger partial charge in [-0.05, 0) is 6.42 Å². The zero-order valence-electron chi connectivity index (χ0n) is 9.96. The molecule has 1 fully saturated rings. The Kier molecular flexibility index (Phi) is 3.88. The third kappa shape index (κ3) is 2.65. The Morgan fingerprint density at radius 2 is 2.39 bits per heavy atom. The Balaban J connectivity index is 2.23. The van der Waals surface area contributed by atoms with E-state index in [1.807, 2.05) is 6.92 Å². The molecule has 0 saturated carbocycles. The van der Waals surface area contributed by atoms with Crippen molar-refractivity contribution in [2.45, 2.75) is 19.4 Å². The first-order chi connectivity index (χ1) is 8.72. The average molecular weight is 254 g/mol. The highest BCUT2D eigenvalue weighted by atomic mass is 16.6. The van der Waals surface area contributed by atoms with Crippen LogP contribution in [0.25, 0.3) is 0 Å². The lowest BCUT2D eigenvalue weighted by Gasteiger charge is -2.25. The van der Waals surface area contributed by atoms with Crippen LogP contribution in [0.4, 0.5) is 11.5 Å². The number of aromatic nitrogens is 2. The maximum Gasteiger partial charge on any atom is 0.372 e. The molecule has 0 amide bonds. The van der Waals surface area contributed by atoms with Crippen molar-refractivity contribution < 1.29 is 14.4 Å². The lowest BCUT2D eigenvalue weighted by Crippen LogP contribution is -2.39. The summed E-state index contributed by atoms with van der Waals surface area (Å²) in [6.45, 7) is 3.42. The van der Waals surface area contributed by atoms with Crippen LogP contribution in [0.2, 0.25) is 0 Å². The van der Waals surface area contributed by atoms with E-state index in [0.717, 1.165) is 6.42 Å². The molecule has 1 aliphatic rings. The van der Waals surface area contributed by atoms with E-state index in [0.29, 0.717) is 19.8 Å². The highest BCUT2D eigenvalue weighted by molar-refractivity contribution is 5.61. The standard InChI is InChI=1S/C10H14N4O4/c1-2-3-11-9-8(14(15)16)10(13-6-12-9)18-7-4-17-5-7/h6-7H,2-5H2,1H3,(H,11,12,13). The van der Waals surface area contributed by atoms with E-state index < -0.39 is 4.92 Å². The lowest BCUT2D eigenvalue weighted by atomic mass is 10.3. The summed E-state index contributed by atoms with van der Waals surface area (Å²) in [7, 11) is 0. The minimum Gasteiger partial charge on any atom is -0.464 e. The summed E-state index contributed by atoms with van der Waals surface area (Å²) < 4.78 is 10.4. The zero-order valence-corrected chi connectivity index (χ0v) is 9.96. The first-order valence-electron chi connectivity index (χ1n) is 5.70. The van der Waals surface area contributed by atoms with Crippen molar-refractivity contribution in [3.8, 4) is 5.88 Å². The molecule has 1 aromatic rings.